The molecule has 0 amide bonds. The normalized spacial score (nSPS) is 10.5. The maximum atomic E-state index is 11.4. The topological polar surface area (TPSA) is 30.0 Å². The first-order chi connectivity index (χ1) is 8.11. The van der Waals surface area contributed by atoms with Crippen LogP contribution in [0.25, 0.3) is 10.6 Å². The molecule has 0 N–H and O–H groups in total. The number of carbonyl (C=O) groups is 1. The van der Waals surface area contributed by atoms with Crippen molar-refractivity contribution in [1.82, 2.24) is 4.98 Å². The fourth-order valence-corrected chi connectivity index (χ4v) is 2.81. The van der Waals surface area contributed by atoms with Crippen LogP contribution in [0.5, 0.6) is 0 Å². The minimum atomic E-state index is -0.195. The molecule has 0 aliphatic carbocycles. The molecule has 2 aromatic rings. The highest BCUT2D eigenvalue weighted by Crippen LogP contribution is 2.32. The van der Waals surface area contributed by atoms with Crippen LogP contribution in [-0.4, -0.2) is 16.6 Å². The molecule has 0 aliphatic rings. The lowest BCUT2D eigenvalue weighted by molar-refractivity contribution is 0.101. The van der Waals surface area contributed by atoms with Crippen LogP contribution >= 0.6 is 46.1 Å². The maximum Gasteiger partial charge on any atom is 0.196 e. The lowest BCUT2D eigenvalue weighted by atomic mass is 10.2. The van der Waals surface area contributed by atoms with E-state index >= 15 is 0 Å². The summed E-state index contributed by atoms with van der Waals surface area (Å²) >= 11 is 18.7. The Kier molecular flexibility index (Phi) is 4.05. The summed E-state index contributed by atoms with van der Waals surface area (Å²) in [6, 6.07) is 5.15. The van der Waals surface area contributed by atoms with Gasteiger partial charge >= 0.3 is 0 Å². The van der Waals surface area contributed by atoms with E-state index in [1.807, 2.05) is 0 Å². The molecule has 0 aliphatic heterocycles. The fourth-order valence-electron chi connectivity index (χ4n) is 1.26. The number of ketones is 1. The van der Waals surface area contributed by atoms with Crippen LogP contribution in [0.2, 0.25) is 10.0 Å². The molecular weight excluding hydrogens is 301 g/mol. The number of rotatable bonds is 3. The Hall–Kier alpha value is -0.610. The Balaban J connectivity index is 2.40. The summed E-state index contributed by atoms with van der Waals surface area (Å²) in [6.45, 7) is 0. The minimum Gasteiger partial charge on any atom is -0.291 e. The van der Waals surface area contributed by atoms with Crippen molar-refractivity contribution in [3.05, 3.63) is 39.3 Å². The molecule has 0 fully saturated rings. The van der Waals surface area contributed by atoms with Crippen LogP contribution in [0.4, 0.5) is 0 Å². The van der Waals surface area contributed by atoms with E-state index in [2.05, 4.69) is 4.98 Å². The van der Waals surface area contributed by atoms with Crippen LogP contribution in [-0.2, 0) is 0 Å². The Morgan fingerprint density at radius 2 is 2.12 bits per heavy atom. The molecular formula is C11H6Cl3NOS. The second-order valence-electron chi connectivity index (χ2n) is 3.22. The zero-order valence-corrected chi connectivity index (χ0v) is 11.5. The van der Waals surface area contributed by atoms with Gasteiger partial charge in [-0.3, -0.25) is 4.79 Å². The van der Waals surface area contributed by atoms with Crippen LogP contribution < -0.4 is 0 Å². The van der Waals surface area contributed by atoms with E-state index in [4.69, 9.17) is 34.8 Å². The molecule has 0 atom stereocenters. The highest BCUT2D eigenvalue weighted by Gasteiger charge is 2.12. The summed E-state index contributed by atoms with van der Waals surface area (Å²) in [4.78, 5) is 15.6. The highest BCUT2D eigenvalue weighted by atomic mass is 35.5. The molecule has 1 aromatic carbocycles. The van der Waals surface area contributed by atoms with E-state index in [-0.39, 0.29) is 11.7 Å². The average Bonchev–Trinajstić information content (AvgIpc) is 2.77. The molecule has 6 heteroatoms. The molecule has 0 saturated heterocycles. The van der Waals surface area contributed by atoms with E-state index in [0.717, 1.165) is 5.56 Å². The van der Waals surface area contributed by atoms with Crippen LogP contribution in [0, 0.1) is 0 Å². The Bertz CT molecular complexity index is 568. The smallest absolute Gasteiger partial charge is 0.196 e. The zero-order valence-electron chi connectivity index (χ0n) is 8.41. The van der Waals surface area contributed by atoms with Crippen molar-refractivity contribution >= 4 is 51.9 Å². The van der Waals surface area contributed by atoms with Gasteiger partial charge in [-0.05, 0) is 18.2 Å². The van der Waals surface area contributed by atoms with Crippen LogP contribution in [0.15, 0.2) is 23.6 Å². The van der Waals surface area contributed by atoms with Crippen molar-refractivity contribution in [2.24, 2.45) is 0 Å². The molecule has 1 aromatic heterocycles. The molecule has 0 unspecified atom stereocenters. The Morgan fingerprint density at radius 3 is 2.76 bits per heavy atom. The SMILES string of the molecule is O=C(CCl)c1csc(-c2ccc(Cl)cc2Cl)n1. The van der Waals surface area contributed by atoms with Crippen molar-refractivity contribution in [2.75, 3.05) is 5.88 Å². The quantitative estimate of drug-likeness (QED) is 0.615. The fraction of sp³-hybridized carbons (Fsp3) is 0.0909. The van der Waals surface area contributed by atoms with Crippen LogP contribution in [0.1, 0.15) is 10.5 Å². The van der Waals surface area contributed by atoms with Crippen molar-refractivity contribution in [3.63, 3.8) is 0 Å². The first kappa shape index (κ1) is 12.8. The molecule has 88 valence electrons. The molecule has 0 bridgehead atoms. The van der Waals surface area contributed by atoms with E-state index in [1.165, 1.54) is 11.3 Å². The largest absolute Gasteiger partial charge is 0.291 e. The molecule has 0 radical (unpaired) electrons. The van der Waals surface area contributed by atoms with Crippen molar-refractivity contribution < 1.29 is 4.79 Å². The van der Waals surface area contributed by atoms with Crippen LogP contribution in [0.3, 0.4) is 0 Å². The number of alkyl halides is 1. The van der Waals surface area contributed by atoms with E-state index in [1.54, 1.807) is 23.6 Å². The average molecular weight is 307 g/mol. The number of nitrogens with zero attached hydrogens (tertiary/aromatic N) is 1. The number of thiazole rings is 1. The van der Waals surface area contributed by atoms with Crippen molar-refractivity contribution in [1.29, 1.82) is 0 Å². The minimum absolute atomic E-state index is 0.0719. The molecule has 2 nitrogen and oxygen atoms in total. The Morgan fingerprint density at radius 1 is 1.35 bits per heavy atom. The van der Waals surface area contributed by atoms with Gasteiger partial charge in [-0.25, -0.2) is 4.98 Å². The first-order valence-electron chi connectivity index (χ1n) is 4.62. The molecule has 0 saturated carbocycles. The highest BCUT2D eigenvalue weighted by molar-refractivity contribution is 7.13. The lowest BCUT2D eigenvalue weighted by Gasteiger charge is -2.00. The maximum absolute atomic E-state index is 11.4. The van der Waals surface area contributed by atoms with Gasteiger partial charge in [0.1, 0.15) is 10.7 Å². The summed E-state index contributed by atoms with van der Waals surface area (Å²) in [5.74, 6) is -0.267. The van der Waals surface area contributed by atoms with Crippen molar-refractivity contribution in [2.45, 2.75) is 0 Å². The van der Waals surface area contributed by atoms with E-state index in [9.17, 15) is 4.79 Å². The third-order valence-electron chi connectivity index (χ3n) is 2.07. The number of aromatic nitrogens is 1. The van der Waals surface area contributed by atoms with Gasteiger partial charge in [0.25, 0.3) is 0 Å². The van der Waals surface area contributed by atoms with Gasteiger partial charge in [-0.15, -0.1) is 22.9 Å². The number of halogens is 3. The monoisotopic (exact) mass is 305 g/mol. The second-order valence-corrected chi connectivity index (χ2v) is 5.19. The third-order valence-corrected chi connectivity index (χ3v) is 3.74. The number of benzene rings is 1. The molecule has 1 heterocycles. The third kappa shape index (κ3) is 2.80. The summed E-state index contributed by atoms with van der Waals surface area (Å²) in [5.41, 5.74) is 1.13. The summed E-state index contributed by atoms with van der Waals surface area (Å²) in [6.07, 6.45) is 0. The van der Waals surface area contributed by atoms with Gasteiger partial charge in [-0.1, -0.05) is 23.2 Å². The predicted octanol–water partition coefficient (Wildman–Crippen LogP) is 4.54. The number of Topliss-reactive ketones (excluding diaryl/α,β-unsaturated/α-hetero) is 1. The molecule has 2 rings (SSSR count). The van der Waals surface area contributed by atoms with Gasteiger partial charge in [0, 0.05) is 16.0 Å². The lowest BCUT2D eigenvalue weighted by Crippen LogP contribution is -2.00. The van der Waals surface area contributed by atoms with Gasteiger partial charge in [0.2, 0.25) is 0 Å². The van der Waals surface area contributed by atoms with E-state index < -0.39 is 0 Å². The van der Waals surface area contributed by atoms with Gasteiger partial charge in [0.05, 0.1) is 10.9 Å². The number of carbonyl (C=O) groups excluding carboxylic acids is 1. The second kappa shape index (κ2) is 5.36. The summed E-state index contributed by atoms with van der Waals surface area (Å²) in [7, 11) is 0. The number of hydrogen-bond donors (Lipinski definition) is 0. The summed E-state index contributed by atoms with van der Waals surface area (Å²) in [5, 5.41) is 3.43. The van der Waals surface area contributed by atoms with Gasteiger partial charge in [0.15, 0.2) is 5.78 Å². The number of hydrogen-bond acceptors (Lipinski definition) is 3. The van der Waals surface area contributed by atoms with Gasteiger partial charge < -0.3 is 0 Å². The van der Waals surface area contributed by atoms with Gasteiger partial charge in [-0.2, -0.15) is 0 Å². The standard InChI is InChI=1S/C11H6Cl3NOS/c12-4-10(16)9-5-17-11(15-9)7-2-1-6(13)3-8(7)14/h1-3,5H,4H2. The summed E-state index contributed by atoms with van der Waals surface area (Å²) < 4.78 is 0. The van der Waals surface area contributed by atoms with Crippen molar-refractivity contribution in [3.8, 4) is 10.6 Å². The molecule has 17 heavy (non-hydrogen) atoms. The first-order valence-corrected chi connectivity index (χ1v) is 6.79. The molecule has 0 spiro atoms. The van der Waals surface area contributed by atoms with E-state index in [0.29, 0.717) is 20.7 Å². The predicted molar refractivity (Wildman–Crippen MR) is 72.6 cm³/mol. The zero-order chi connectivity index (χ0) is 12.4. The Labute approximate surface area is 117 Å².